The van der Waals surface area contributed by atoms with Gasteiger partial charge in [0.05, 0.1) is 6.42 Å². The molecule has 0 aliphatic rings. The van der Waals surface area contributed by atoms with Crippen LogP contribution in [0.25, 0.3) is 0 Å². The topological polar surface area (TPSA) is 87.7 Å². The van der Waals surface area contributed by atoms with Gasteiger partial charge < -0.3 is 16.3 Å². The first kappa shape index (κ1) is 14.3. The van der Waals surface area contributed by atoms with E-state index in [4.69, 9.17) is 22.5 Å². The van der Waals surface area contributed by atoms with E-state index in [0.717, 1.165) is 5.56 Å². The van der Waals surface area contributed by atoms with Crippen molar-refractivity contribution in [1.29, 1.82) is 0 Å². The maximum atomic E-state index is 11.6. The van der Waals surface area contributed by atoms with Gasteiger partial charge in [0.25, 0.3) is 0 Å². The number of oxime groups is 1. The summed E-state index contributed by atoms with van der Waals surface area (Å²) in [6.07, 6.45) is 1.33. The highest BCUT2D eigenvalue weighted by Gasteiger charge is 2.05. The highest BCUT2D eigenvalue weighted by atomic mass is 35.5. The third kappa shape index (κ3) is 5.05. The zero-order valence-corrected chi connectivity index (χ0v) is 10.7. The van der Waals surface area contributed by atoms with Crippen LogP contribution in [0.15, 0.2) is 29.4 Å². The van der Waals surface area contributed by atoms with Crippen molar-refractivity contribution in [3.63, 3.8) is 0 Å². The summed E-state index contributed by atoms with van der Waals surface area (Å²) in [4.78, 5) is 11.6. The van der Waals surface area contributed by atoms with Crippen LogP contribution >= 0.6 is 11.6 Å². The minimum atomic E-state index is -0.0948. The Morgan fingerprint density at radius 3 is 2.83 bits per heavy atom. The van der Waals surface area contributed by atoms with E-state index in [1.165, 1.54) is 0 Å². The third-order valence-electron chi connectivity index (χ3n) is 2.37. The molecule has 0 aliphatic heterocycles. The molecule has 98 valence electrons. The summed E-state index contributed by atoms with van der Waals surface area (Å²) < 4.78 is 0. The average Bonchev–Trinajstić information content (AvgIpc) is 2.37. The van der Waals surface area contributed by atoms with Crippen molar-refractivity contribution in [3.05, 3.63) is 34.9 Å². The van der Waals surface area contributed by atoms with Gasteiger partial charge in [0.2, 0.25) is 5.91 Å². The smallest absolute Gasteiger partial charge is 0.224 e. The van der Waals surface area contributed by atoms with Crippen LogP contribution in [-0.4, -0.2) is 23.5 Å². The lowest BCUT2D eigenvalue weighted by Gasteiger charge is -2.06. The Balaban J connectivity index is 2.28. The average molecular weight is 270 g/mol. The first-order valence-corrected chi connectivity index (χ1v) is 5.97. The second-order valence-electron chi connectivity index (χ2n) is 3.81. The molecule has 0 atom stereocenters. The Bertz CT molecular complexity index is 435. The summed E-state index contributed by atoms with van der Waals surface area (Å²) in [5, 5.41) is 14.5. The Kier molecular flexibility index (Phi) is 6.00. The van der Waals surface area contributed by atoms with Gasteiger partial charge in [-0.3, -0.25) is 4.79 Å². The lowest BCUT2D eigenvalue weighted by molar-refractivity contribution is -0.120. The fourth-order valence-corrected chi connectivity index (χ4v) is 1.63. The predicted molar refractivity (Wildman–Crippen MR) is 70.8 cm³/mol. The molecule has 5 nitrogen and oxygen atoms in total. The molecule has 1 aromatic carbocycles. The van der Waals surface area contributed by atoms with Crippen molar-refractivity contribution >= 4 is 23.3 Å². The number of carbonyl (C=O) groups is 1. The number of amides is 1. The number of nitrogens with zero attached hydrogens (tertiary/aromatic N) is 1. The van der Waals surface area contributed by atoms with Crippen molar-refractivity contribution < 1.29 is 10.0 Å². The number of nitrogens with one attached hydrogen (secondary N) is 1. The second kappa shape index (κ2) is 7.55. The number of rotatable bonds is 6. The molecule has 0 unspecified atom stereocenters. The molecule has 0 fully saturated rings. The molecule has 1 aromatic rings. The van der Waals surface area contributed by atoms with Gasteiger partial charge in [-0.2, -0.15) is 0 Å². The largest absolute Gasteiger partial charge is 0.409 e. The third-order valence-corrected chi connectivity index (χ3v) is 2.74. The standard InChI is InChI=1S/C12H16ClN3O2/c13-10-5-2-1-4-9(10)8-12(17)15-7-3-6-11(14)16-18/h1-2,4-5,18H,3,6-8H2,(H2,14,16)(H,15,17). The molecule has 18 heavy (non-hydrogen) atoms. The Morgan fingerprint density at radius 2 is 2.17 bits per heavy atom. The highest BCUT2D eigenvalue weighted by Crippen LogP contribution is 2.15. The Hall–Kier alpha value is -1.75. The van der Waals surface area contributed by atoms with E-state index < -0.39 is 0 Å². The van der Waals surface area contributed by atoms with Crippen LogP contribution in [0.5, 0.6) is 0 Å². The number of nitrogens with two attached hydrogens (primary N) is 1. The van der Waals surface area contributed by atoms with Gasteiger partial charge in [-0.1, -0.05) is 35.0 Å². The van der Waals surface area contributed by atoms with E-state index in [1.807, 2.05) is 18.2 Å². The van der Waals surface area contributed by atoms with Crippen molar-refractivity contribution in [2.75, 3.05) is 6.54 Å². The minimum Gasteiger partial charge on any atom is -0.409 e. The zero-order chi connectivity index (χ0) is 13.4. The van der Waals surface area contributed by atoms with E-state index in [-0.39, 0.29) is 18.2 Å². The molecule has 0 saturated carbocycles. The molecule has 0 bridgehead atoms. The number of benzene rings is 1. The SMILES string of the molecule is NC(CCCNC(=O)Cc1ccccc1Cl)=NO. The fraction of sp³-hybridized carbons (Fsp3) is 0.333. The molecule has 1 amide bonds. The molecule has 0 spiro atoms. The zero-order valence-electron chi connectivity index (χ0n) is 9.90. The number of hydrogen-bond acceptors (Lipinski definition) is 3. The van der Waals surface area contributed by atoms with Crippen LogP contribution in [0.3, 0.4) is 0 Å². The van der Waals surface area contributed by atoms with Gasteiger partial charge in [0, 0.05) is 18.0 Å². The molecule has 0 heterocycles. The lowest BCUT2D eigenvalue weighted by Crippen LogP contribution is -2.27. The Labute approximate surface area is 111 Å². The molecule has 0 saturated heterocycles. The first-order valence-electron chi connectivity index (χ1n) is 5.60. The molecule has 1 rings (SSSR count). The van der Waals surface area contributed by atoms with Crippen LogP contribution in [0, 0.1) is 0 Å². The van der Waals surface area contributed by atoms with E-state index >= 15 is 0 Å². The van der Waals surface area contributed by atoms with Crippen LogP contribution in [0.2, 0.25) is 5.02 Å². The van der Waals surface area contributed by atoms with E-state index in [0.29, 0.717) is 24.4 Å². The molecular formula is C12H16ClN3O2. The molecular weight excluding hydrogens is 254 g/mol. The number of halogens is 1. The van der Waals surface area contributed by atoms with Crippen molar-refractivity contribution in [2.24, 2.45) is 10.9 Å². The fourth-order valence-electron chi connectivity index (χ4n) is 1.42. The summed E-state index contributed by atoms with van der Waals surface area (Å²) in [5.74, 6) is 0.0676. The van der Waals surface area contributed by atoms with Gasteiger partial charge in [0.1, 0.15) is 5.84 Å². The number of hydrogen-bond donors (Lipinski definition) is 3. The van der Waals surface area contributed by atoms with Crippen LogP contribution in [0.4, 0.5) is 0 Å². The molecule has 4 N–H and O–H groups in total. The molecule has 6 heteroatoms. The summed E-state index contributed by atoms with van der Waals surface area (Å²) >= 11 is 5.95. The highest BCUT2D eigenvalue weighted by molar-refractivity contribution is 6.31. The van der Waals surface area contributed by atoms with Gasteiger partial charge in [-0.25, -0.2) is 0 Å². The van der Waals surface area contributed by atoms with Crippen molar-refractivity contribution in [2.45, 2.75) is 19.3 Å². The summed E-state index contributed by atoms with van der Waals surface area (Å²) in [6.45, 7) is 0.486. The summed E-state index contributed by atoms with van der Waals surface area (Å²) in [7, 11) is 0. The second-order valence-corrected chi connectivity index (χ2v) is 4.22. The van der Waals surface area contributed by atoms with Gasteiger partial charge in [-0.15, -0.1) is 0 Å². The van der Waals surface area contributed by atoms with E-state index in [2.05, 4.69) is 10.5 Å². The normalized spacial score (nSPS) is 11.3. The quantitative estimate of drug-likeness (QED) is 0.241. The van der Waals surface area contributed by atoms with E-state index in [9.17, 15) is 4.79 Å². The van der Waals surface area contributed by atoms with Gasteiger partial charge in [-0.05, 0) is 18.1 Å². The molecule has 0 radical (unpaired) electrons. The van der Waals surface area contributed by atoms with Crippen molar-refractivity contribution in [1.82, 2.24) is 5.32 Å². The molecule has 0 aliphatic carbocycles. The maximum absolute atomic E-state index is 11.6. The lowest BCUT2D eigenvalue weighted by atomic mass is 10.1. The van der Waals surface area contributed by atoms with Crippen LogP contribution in [-0.2, 0) is 11.2 Å². The van der Waals surface area contributed by atoms with Gasteiger partial charge in [0.15, 0.2) is 0 Å². The Morgan fingerprint density at radius 1 is 1.44 bits per heavy atom. The van der Waals surface area contributed by atoms with E-state index in [1.54, 1.807) is 6.07 Å². The first-order chi connectivity index (χ1) is 8.63. The monoisotopic (exact) mass is 269 g/mol. The van der Waals surface area contributed by atoms with Crippen molar-refractivity contribution in [3.8, 4) is 0 Å². The summed E-state index contributed by atoms with van der Waals surface area (Å²) in [5.41, 5.74) is 6.10. The van der Waals surface area contributed by atoms with Crippen LogP contribution in [0.1, 0.15) is 18.4 Å². The number of amidine groups is 1. The molecule has 0 aromatic heterocycles. The predicted octanol–water partition coefficient (Wildman–Crippen LogP) is 1.53. The maximum Gasteiger partial charge on any atom is 0.224 e. The van der Waals surface area contributed by atoms with Crippen LogP contribution < -0.4 is 11.1 Å². The summed E-state index contributed by atoms with van der Waals surface area (Å²) in [6, 6.07) is 7.23. The number of carbonyl (C=O) groups excluding carboxylic acids is 1. The van der Waals surface area contributed by atoms with Gasteiger partial charge >= 0.3 is 0 Å². The minimum absolute atomic E-state index is 0.0948.